The third-order valence-corrected chi connectivity index (χ3v) is 5.57. The molecule has 0 aliphatic carbocycles. The quantitative estimate of drug-likeness (QED) is 0.850. The van der Waals surface area contributed by atoms with Crippen LogP contribution >= 0.6 is 0 Å². The van der Waals surface area contributed by atoms with E-state index in [4.69, 9.17) is 4.74 Å². The van der Waals surface area contributed by atoms with Gasteiger partial charge in [-0.15, -0.1) is 0 Å². The zero-order valence-electron chi connectivity index (χ0n) is 14.3. The Morgan fingerprint density at radius 2 is 2.14 bits per heavy atom. The number of hydrogen-bond acceptors (Lipinski definition) is 4. The van der Waals surface area contributed by atoms with E-state index in [-0.39, 0.29) is 5.60 Å². The van der Waals surface area contributed by atoms with Gasteiger partial charge in [0.15, 0.2) is 0 Å². The van der Waals surface area contributed by atoms with Crippen LogP contribution in [-0.2, 0) is 18.3 Å². The highest BCUT2D eigenvalue weighted by Gasteiger charge is 2.41. The molecule has 1 atom stereocenters. The van der Waals surface area contributed by atoms with Crippen molar-refractivity contribution >= 4 is 0 Å². The van der Waals surface area contributed by atoms with Crippen LogP contribution in [0.2, 0.25) is 0 Å². The molecule has 1 aromatic rings. The molecule has 0 amide bonds. The fourth-order valence-electron chi connectivity index (χ4n) is 3.93. The van der Waals surface area contributed by atoms with E-state index in [0.29, 0.717) is 6.04 Å². The molecule has 1 unspecified atom stereocenters. The Morgan fingerprint density at radius 3 is 2.77 bits per heavy atom. The summed E-state index contributed by atoms with van der Waals surface area (Å²) < 4.78 is 8.40. The number of aromatic nitrogens is 2. The molecule has 3 rings (SSSR count). The van der Waals surface area contributed by atoms with Crippen molar-refractivity contribution in [1.29, 1.82) is 0 Å². The SMILES string of the molecule is CCN(Cc1cncn1C)C1CCOC2(CCN(C)CC2)C1. The van der Waals surface area contributed by atoms with Crippen molar-refractivity contribution in [2.75, 3.05) is 33.3 Å². The van der Waals surface area contributed by atoms with Gasteiger partial charge < -0.3 is 14.2 Å². The maximum absolute atomic E-state index is 6.27. The van der Waals surface area contributed by atoms with Gasteiger partial charge in [-0.1, -0.05) is 6.92 Å². The average Bonchev–Trinajstić information content (AvgIpc) is 2.93. The maximum atomic E-state index is 6.27. The standard InChI is InChI=1S/C17H30N4O/c1-4-21(13-16-12-18-14-20(16)3)15-5-10-22-17(11-15)6-8-19(2)9-7-17/h12,14-15H,4-11,13H2,1-3H3. The van der Waals surface area contributed by atoms with Crippen LogP contribution in [0.1, 0.15) is 38.3 Å². The monoisotopic (exact) mass is 306 g/mol. The Bertz CT molecular complexity index is 479. The van der Waals surface area contributed by atoms with Gasteiger partial charge in [-0.25, -0.2) is 4.98 Å². The molecule has 0 radical (unpaired) electrons. The Balaban J connectivity index is 1.66. The second-order valence-corrected chi connectivity index (χ2v) is 7.04. The number of piperidine rings is 1. The molecule has 5 heteroatoms. The summed E-state index contributed by atoms with van der Waals surface area (Å²) in [7, 11) is 4.30. The second-order valence-electron chi connectivity index (χ2n) is 7.04. The lowest BCUT2D eigenvalue weighted by molar-refractivity contribution is -0.132. The minimum Gasteiger partial charge on any atom is -0.375 e. The second kappa shape index (κ2) is 6.69. The van der Waals surface area contributed by atoms with Gasteiger partial charge in [-0.2, -0.15) is 0 Å². The summed E-state index contributed by atoms with van der Waals surface area (Å²) in [6.45, 7) is 7.60. The highest BCUT2D eigenvalue weighted by atomic mass is 16.5. The van der Waals surface area contributed by atoms with Gasteiger partial charge in [0.25, 0.3) is 0 Å². The van der Waals surface area contributed by atoms with Crippen molar-refractivity contribution in [3.63, 3.8) is 0 Å². The molecule has 2 fully saturated rings. The van der Waals surface area contributed by atoms with E-state index < -0.39 is 0 Å². The Kier molecular flexibility index (Phi) is 4.85. The lowest BCUT2D eigenvalue weighted by Gasteiger charge is -2.48. The summed E-state index contributed by atoms with van der Waals surface area (Å²) in [6, 6.07) is 0.636. The number of imidazole rings is 1. The molecule has 0 saturated carbocycles. The average molecular weight is 306 g/mol. The number of ether oxygens (including phenoxy) is 1. The van der Waals surface area contributed by atoms with Gasteiger partial charge in [0.2, 0.25) is 0 Å². The van der Waals surface area contributed by atoms with E-state index in [9.17, 15) is 0 Å². The Labute approximate surface area is 134 Å². The maximum Gasteiger partial charge on any atom is 0.0945 e. The molecule has 3 heterocycles. The molecule has 2 saturated heterocycles. The van der Waals surface area contributed by atoms with Gasteiger partial charge in [-0.3, -0.25) is 4.90 Å². The van der Waals surface area contributed by atoms with Gasteiger partial charge in [-0.05, 0) is 39.3 Å². The van der Waals surface area contributed by atoms with Crippen LogP contribution in [0.25, 0.3) is 0 Å². The first-order chi connectivity index (χ1) is 10.6. The molecule has 22 heavy (non-hydrogen) atoms. The molecule has 2 aliphatic heterocycles. The third-order valence-electron chi connectivity index (χ3n) is 5.57. The van der Waals surface area contributed by atoms with Gasteiger partial charge in [0.05, 0.1) is 17.6 Å². The molecule has 2 aliphatic rings. The minimum atomic E-state index is 0.134. The summed E-state index contributed by atoms with van der Waals surface area (Å²) in [5.41, 5.74) is 1.43. The van der Waals surface area contributed by atoms with E-state index in [1.165, 1.54) is 38.0 Å². The first kappa shape index (κ1) is 16.0. The largest absolute Gasteiger partial charge is 0.375 e. The first-order valence-corrected chi connectivity index (χ1v) is 8.64. The summed E-state index contributed by atoms with van der Waals surface area (Å²) >= 11 is 0. The zero-order chi connectivity index (χ0) is 15.6. The topological polar surface area (TPSA) is 33.5 Å². The summed E-state index contributed by atoms with van der Waals surface area (Å²) in [6.07, 6.45) is 8.60. The summed E-state index contributed by atoms with van der Waals surface area (Å²) in [5.74, 6) is 0. The predicted octanol–water partition coefficient (Wildman–Crippen LogP) is 1.89. The fourth-order valence-corrected chi connectivity index (χ4v) is 3.93. The van der Waals surface area contributed by atoms with Gasteiger partial charge in [0, 0.05) is 45.5 Å². The molecular formula is C17H30N4O. The molecule has 1 aromatic heterocycles. The van der Waals surface area contributed by atoms with Crippen LogP contribution in [0.3, 0.4) is 0 Å². The van der Waals surface area contributed by atoms with Crippen LogP contribution in [0.4, 0.5) is 0 Å². The molecule has 0 bridgehead atoms. The number of hydrogen-bond donors (Lipinski definition) is 0. The normalized spacial score (nSPS) is 25.9. The van der Waals surface area contributed by atoms with Crippen molar-refractivity contribution in [1.82, 2.24) is 19.4 Å². The molecule has 0 N–H and O–H groups in total. The highest BCUT2D eigenvalue weighted by Crippen LogP contribution is 2.36. The van der Waals surface area contributed by atoms with Crippen molar-refractivity contribution < 1.29 is 4.74 Å². The van der Waals surface area contributed by atoms with Crippen molar-refractivity contribution in [2.24, 2.45) is 7.05 Å². The first-order valence-electron chi connectivity index (χ1n) is 8.64. The third kappa shape index (κ3) is 3.36. The number of nitrogens with zero attached hydrogens (tertiary/aromatic N) is 4. The Morgan fingerprint density at radius 1 is 1.36 bits per heavy atom. The molecule has 5 nitrogen and oxygen atoms in total. The van der Waals surface area contributed by atoms with Gasteiger partial charge >= 0.3 is 0 Å². The highest BCUT2D eigenvalue weighted by molar-refractivity contribution is 5.00. The van der Waals surface area contributed by atoms with Crippen LogP contribution in [-0.4, -0.2) is 64.3 Å². The lowest BCUT2D eigenvalue weighted by Crippen LogP contribution is -2.53. The molecule has 0 aromatic carbocycles. The summed E-state index contributed by atoms with van der Waals surface area (Å²) in [4.78, 5) is 9.28. The number of rotatable bonds is 4. The zero-order valence-corrected chi connectivity index (χ0v) is 14.3. The van der Waals surface area contributed by atoms with Crippen molar-refractivity contribution in [3.05, 3.63) is 18.2 Å². The van der Waals surface area contributed by atoms with Crippen LogP contribution in [0.5, 0.6) is 0 Å². The van der Waals surface area contributed by atoms with E-state index >= 15 is 0 Å². The molecule has 1 spiro atoms. The lowest BCUT2D eigenvalue weighted by atomic mass is 9.82. The van der Waals surface area contributed by atoms with E-state index in [1.807, 2.05) is 12.5 Å². The van der Waals surface area contributed by atoms with Crippen molar-refractivity contribution in [3.8, 4) is 0 Å². The number of likely N-dealkylation sites (tertiary alicyclic amines) is 1. The van der Waals surface area contributed by atoms with Gasteiger partial charge in [0.1, 0.15) is 0 Å². The number of aryl methyl sites for hydroxylation is 1. The minimum absolute atomic E-state index is 0.134. The fraction of sp³-hybridized carbons (Fsp3) is 0.824. The molecule has 124 valence electrons. The summed E-state index contributed by atoms with van der Waals surface area (Å²) in [5, 5.41) is 0. The predicted molar refractivity (Wildman–Crippen MR) is 87.7 cm³/mol. The smallest absolute Gasteiger partial charge is 0.0945 e. The van der Waals surface area contributed by atoms with Crippen LogP contribution in [0.15, 0.2) is 12.5 Å². The van der Waals surface area contributed by atoms with E-state index in [1.54, 1.807) is 0 Å². The van der Waals surface area contributed by atoms with Crippen LogP contribution in [0, 0.1) is 0 Å². The van der Waals surface area contributed by atoms with Crippen LogP contribution < -0.4 is 0 Å². The molecular weight excluding hydrogens is 276 g/mol. The van der Waals surface area contributed by atoms with Crippen molar-refractivity contribution in [2.45, 2.75) is 50.8 Å². The Hall–Kier alpha value is -0.910. The van der Waals surface area contributed by atoms with E-state index in [2.05, 4.69) is 40.4 Å². The van der Waals surface area contributed by atoms with E-state index in [0.717, 1.165) is 26.1 Å².